The number of amides is 1. The first-order chi connectivity index (χ1) is 8.86. The van der Waals surface area contributed by atoms with Crippen molar-refractivity contribution in [3.8, 4) is 0 Å². The Bertz CT molecular complexity index is 524. The third-order valence-electron chi connectivity index (χ3n) is 5.83. The molecule has 0 aromatic carbocycles. The molecule has 0 spiro atoms. The molecular formula is C13H20N4O2. The van der Waals surface area contributed by atoms with E-state index in [4.69, 9.17) is 5.73 Å². The summed E-state index contributed by atoms with van der Waals surface area (Å²) < 4.78 is 4.47. The highest BCUT2D eigenvalue weighted by Crippen LogP contribution is 2.65. The number of nitrogens with one attached hydrogen (secondary N) is 1. The molecule has 0 saturated heterocycles. The van der Waals surface area contributed by atoms with E-state index in [-0.39, 0.29) is 34.3 Å². The number of carbonyl (C=O) groups excluding carboxylic acids is 1. The molecule has 1 amide bonds. The molecule has 19 heavy (non-hydrogen) atoms. The topological polar surface area (TPSA) is 94.0 Å². The number of nitrogens with zero attached hydrogens (tertiary/aromatic N) is 2. The lowest BCUT2D eigenvalue weighted by atomic mass is 9.69. The zero-order valence-corrected chi connectivity index (χ0v) is 11.6. The highest BCUT2D eigenvalue weighted by molar-refractivity contribution is 5.96. The van der Waals surface area contributed by atoms with Gasteiger partial charge < -0.3 is 11.1 Å². The summed E-state index contributed by atoms with van der Waals surface area (Å²) >= 11 is 0. The lowest BCUT2D eigenvalue weighted by molar-refractivity contribution is 0.0818. The molecule has 2 bridgehead atoms. The number of hydrogen-bond acceptors (Lipinski definition) is 5. The maximum Gasteiger partial charge on any atom is 0.277 e. The van der Waals surface area contributed by atoms with Gasteiger partial charge in [0.25, 0.3) is 5.91 Å². The maximum atomic E-state index is 12.2. The predicted octanol–water partition coefficient (Wildman–Crippen LogP) is 1.60. The van der Waals surface area contributed by atoms with Gasteiger partial charge in [-0.3, -0.25) is 4.79 Å². The smallest absolute Gasteiger partial charge is 0.277 e. The lowest BCUT2D eigenvalue weighted by Crippen LogP contribution is -2.47. The van der Waals surface area contributed by atoms with E-state index in [1.54, 1.807) is 0 Å². The van der Waals surface area contributed by atoms with Gasteiger partial charge in [0.1, 0.15) is 0 Å². The molecule has 3 unspecified atom stereocenters. The maximum absolute atomic E-state index is 12.2. The van der Waals surface area contributed by atoms with Crippen LogP contribution in [-0.4, -0.2) is 22.3 Å². The fourth-order valence-corrected chi connectivity index (χ4v) is 4.00. The van der Waals surface area contributed by atoms with E-state index < -0.39 is 0 Å². The fraction of sp³-hybridized carbons (Fsp3) is 0.769. The Kier molecular flexibility index (Phi) is 2.43. The fourth-order valence-electron chi connectivity index (χ4n) is 4.00. The number of rotatable bonds is 2. The molecule has 3 rings (SSSR count). The summed E-state index contributed by atoms with van der Waals surface area (Å²) in [5.41, 5.74) is 6.04. The Morgan fingerprint density at radius 3 is 2.63 bits per heavy atom. The Morgan fingerprint density at radius 2 is 2.16 bits per heavy atom. The Hall–Kier alpha value is -1.59. The molecular weight excluding hydrogens is 244 g/mol. The monoisotopic (exact) mass is 264 g/mol. The van der Waals surface area contributed by atoms with Crippen molar-refractivity contribution in [2.75, 3.05) is 5.73 Å². The molecule has 3 atom stereocenters. The first-order valence-electron chi connectivity index (χ1n) is 6.75. The summed E-state index contributed by atoms with van der Waals surface area (Å²) in [6, 6.07) is 0.171. The van der Waals surface area contributed by atoms with Crippen molar-refractivity contribution in [3.63, 3.8) is 0 Å². The van der Waals surface area contributed by atoms with Gasteiger partial charge in [0.2, 0.25) is 11.5 Å². The van der Waals surface area contributed by atoms with Crippen LogP contribution in [0.2, 0.25) is 0 Å². The quantitative estimate of drug-likeness (QED) is 0.846. The van der Waals surface area contributed by atoms with Gasteiger partial charge >= 0.3 is 0 Å². The summed E-state index contributed by atoms with van der Waals surface area (Å²) in [6.45, 7) is 6.89. The van der Waals surface area contributed by atoms with Crippen molar-refractivity contribution < 1.29 is 9.42 Å². The van der Waals surface area contributed by atoms with Crippen molar-refractivity contribution in [2.45, 2.75) is 46.1 Å². The number of aromatic nitrogens is 2. The number of fused-ring (bicyclic) bond motifs is 2. The summed E-state index contributed by atoms with van der Waals surface area (Å²) in [7, 11) is 0. The standard InChI is InChI=1S/C13H20N4O2/c1-12(2)7-4-5-13(12,3)8(6-7)15-11(18)9-10(14)17-19-16-9/h7-8H,4-6H2,1-3H3,(H2,14,17)(H,15,18). The van der Waals surface area contributed by atoms with E-state index in [2.05, 4.69) is 41.0 Å². The van der Waals surface area contributed by atoms with Crippen LogP contribution < -0.4 is 11.1 Å². The molecule has 3 N–H and O–H groups in total. The zero-order valence-electron chi connectivity index (χ0n) is 11.6. The molecule has 1 aromatic heterocycles. The van der Waals surface area contributed by atoms with Crippen LogP contribution in [-0.2, 0) is 0 Å². The molecule has 104 valence electrons. The van der Waals surface area contributed by atoms with Gasteiger partial charge in [0, 0.05) is 6.04 Å². The molecule has 0 radical (unpaired) electrons. The highest BCUT2D eigenvalue weighted by atomic mass is 16.6. The highest BCUT2D eigenvalue weighted by Gasteiger charge is 2.61. The third-order valence-corrected chi connectivity index (χ3v) is 5.83. The van der Waals surface area contributed by atoms with Gasteiger partial charge in [-0.25, -0.2) is 4.63 Å². The van der Waals surface area contributed by atoms with Gasteiger partial charge in [-0.1, -0.05) is 20.8 Å². The zero-order chi connectivity index (χ0) is 13.8. The van der Waals surface area contributed by atoms with Crippen LogP contribution in [0.15, 0.2) is 4.63 Å². The molecule has 1 aromatic rings. The minimum Gasteiger partial charge on any atom is -0.379 e. The number of carbonyl (C=O) groups is 1. The van der Waals surface area contributed by atoms with Crippen LogP contribution >= 0.6 is 0 Å². The summed E-state index contributed by atoms with van der Waals surface area (Å²) in [5.74, 6) is 0.439. The van der Waals surface area contributed by atoms with E-state index in [0.717, 1.165) is 12.8 Å². The van der Waals surface area contributed by atoms with Gasteiger partial charge in [-0.2, -0.15) is 0 Å². The van der Waals surface area contributed by atoms with Crippen molar-refractivity contribution in [2.24, 2.45) is 16.7 Å². The lowest BCUT2D eigenvalue weighted by Gasteiger charge is -2.39. The van der Waals surface area contributed by atoms with Crippen LogP contribution in [0.5, 0.6) is 0 Å². The van der Waals surface area contributed by atoms with E-state index in [0.29, 0.717) is 5.92 Å². The predicted molar refractivity (Wildman–Crippen MR) is 69.2 cm³/mol. The van der Waals surface area contributed by atoms with Gasteiger partial charge in [0.15, 0.2) is 0 Å². The molecule has 1 heterocycles. The molecule has 6 nitrogen and oxygen atoms in total. The summed E-state index contributed by atoms with van der Waals surface area (Å²) in [6.07, 6.45) is 3.44. The second-order valence-corrected chi connectivity index (χ2v) is 6.63. The third kappa shape index (κ3) is 1.52. The van der Waals surface area contributed by atoms with Crippen molar-refractivity contribution in [1.82, 2.24) is 15.6 Å². The van der Waals surface area contributed by atoms with Crippen molar-refractivity contribution in [1.29, 1.82) is 0 Å². The molecule has 2 saturated carbocycles. The Labute approximate surface area is 112 Å². The number of anilines is 1. The van der Waals surface area contributed by atoms with E-state index in [1.807, 2.05) is 0 Å². The first-order valence-corrected chi connectivity index (χ1v) is 6.75. The average molecular weight is 264 g/mol. The van der Waals surface area contributed by atoms with Crippen molar-refractivity contribution in [3.05, 3.63) is 5.69 Å². The van der Waals surface area contributed by atoms with Gasteiger partial charge in [-0.05, 0) is 46.3 Å². The Morgan fingerprint density at radius 1 is 1.42 bits per heavy atom. The van der Waals surface area contributed by atoms with E-state index >= 15 is 0 Å². The SMILES string of the molecule is CC1(C)C2CCC1(C)C(NC(=O)c1nonc1N)C2. The summed E-state index contributed by atoms with van der Waals surface area (Å²) in [4.78, 5) is 12.2. The Balaban J connectivity index is 1.79. The number of hydrogen-bond donors (Lipinski definition) is 2. The van der Waals surface area contributed by atoms with Crippen LogP contribution in [0, 0.1) is 16.7 Å². The molecule has 2 aliphatic carbocycles. The summed E-state index contributed by atoms with van der Waals surface area (Å²) in [5, 5.41) is 10.1. The van der Waals surface area contributed by atoms with Crippen LogP contribution in [0.3, 0.4) is 0 Å². The van der Waals surface area contributed by atoms with Crippen LogP contribution in [0.25, 0.3) is 0 Å². The minimum absolute atomic E-state index is 0.0464. The van der Waals surface area contributed by atoms with Crippen molar-refractivity contribution >= 4 is 11.7 Å². The molecule has 2 fully saturated rings. The van der Waals surface area contributed by atoms with Gasteiger partial charge in [0.05, 0.1) is 0 Å². The largest absolute Gasteiger partial charge is 0.379 e. The molecule has 2 aliphatic rings. The number of nitrogen functional groups attached to an aromatic ring is 1. The van der Waals surface area contributed by atoms with Crippen LogP contribution in [0.1, 0.15) is 50.5 Å². The molecule has 0 aliphatic heterocycles. The second kappa shape index (κ2) is 3.71. The average Bonchev–Trinajstić information content (AvgIpc) is 2.90. The van der Waals surface area contributed by atoms with Crippen LogP contribution in [0.4, 0.5) is 5.82 Å². The minimum atomic E-state index is -0.284. The second-order valence-electron chi connectivity index (χ2n) is 6.63. The number of nitrogens with two attached hydrogens (primary N) is 1. The molecule has 6 heteroatoms. The first kappa shape index (κ1) is 12.4. The van der Waals surface area contributed by atoms with E-state index in [9.17, 15) is 4.79 Å². The normalized spacial score (nSPS) is 35.5. The van der Waals surface area contributed by atoms with E-state index in [1.165, 1.54) is 6.42 Å². The van der Waals surface area contributed by atoms with Gasteiger partial charge in [-0.15, -0.1) is 0 Å².